The number of aliphatic imine (C=N–C) groups is 1. The summed E-state index contributed by atoms with van der Waals surface area (Å²) in [6, 6.07) is 11.8. The number of aromatic nitrogens is 1. The van der Waals surface area contributed by atoms with Crippen LogP contribution in [0.3, 0.4) is 0 Å². The van der Waals surface area contributed by atoms with E-state index in [1.807, 2.05) is 24.3 Å². The Labute approximate surface area is 169 Å². The molecule has 4 heterocycles. The van der Waals surface area contributed by atoms with Crippen molar-refractivity contribution in [3.05, 3.63) is 59.7 Å². The molecule has 0 unspecified atom stereocenters. The second-order valence-corrected chi connectivity index (χ2v) is 8.72. The van der Waals surface area contributed by atoms with E-state index in [0.29, 0.717) is 6.04 Å². The molecule has 6 heteroatoms. The summed E-state index contributed by atoms with van der Waals surface area (Å²) < 4.78 is 15.4. The second-order valence-electron chi connectivity index (χ2n) is 7.74. The van der Waals surface area contributed by atoms with Crippen LogP contribution in [-0.2, 0) is 0 Å². The molecular formula is C22H25FN4S. The Morgan fingerprint density at radius 1 is 1.18 bits per heavy atom. The topological polar surface area (TPSA) is 31.7 Å². The fraction of sp³-hybridized carbons (Fsp3) is 0.455. The maximum atomic E-state index is 15.4. The van der Waals surface area contributed by atoms with E-state index >= 15 is 4.39 Å². The molecule has 1 aromatic carbocycles. The third-order valence-electron chi connectivity index (χ3n) is 6.10. The van der Waals surface area contributed by atoms with Crippen LogP contribution in [0.5, 0.6) is 0 Å². The Morgan fingerprint density at radius 3 is 2.75 bits per heavy atom. The molecular weight excluding hydrogens is 371 g/mol. The van der Waals surface area contributed by atoms with Crippen molar-refractivity contribution in [3.8, 4) is 0 Å². The minimum absolute atomic E-state index is 0.126. The fourth-order valence-electron chi connectivity index (χ4n) is 4.61. The number of benzene rings is 1. The van der Waals surface area contributed by atoms with E-state index in [9.17, 15) is 0 Å². The van der Waals surface area contributed by atoms with Gasteiger partial charge in [0.05, 0.1) is 11.7 Å². The molecule has 0 amide bonds. The fourth-order valence-corrected chi connectivity index (χ4v) is 5.95. The summed E-state index contributed by atoms with van der Waals surface area (Å²) in [6.07, 6.45) is 5.21. The van der Waals surface area contributed by atoms with Gasteiger partial charge in [0.25, 0.3) is 0 Å². The van der Waals surface area contributed by atoms with E-state index in [1.54, 1.807) is 24.0 Å². The lowest BCUT2D eigenvalue weighted by Crippen LogP contribution is -2.35. The molecule has 2 saturated heterocycles. The summed E-state index contributed by atoms with van der Waals surface area (Å²) in [5.74, 6) is 0.896. The van der Waals surface area contributed by atoms with Gasteiger partial charge in [0.2, 0.25) is 0 Å². The first-order valence-electron chi connectivity index (χ1n) is 10.2. The van der Waals surface area contributed by atoms with Gasteiger partial charge in [-0.1, -0.05) is 30.8 Å². The van der Waals surface area contributed by atoms with Crippen molar-refractivity contribution in [1.82, 2.24) is 9.88 Å². The van der Waals surface area contributed by atoms with Gasteiger partial charge in [0.15, 0.2) is 5.17 Å². The van der Waals surface area contributed by atoms with Crippen LogP contribution in [-0.4, -0.2) is 39.9 Å². The first kappa shape index (κ1) is 18.0. The average molecular weight is 397 g/mol. The van der Waals surface area contributed by atoms with Crippen LogP contribution < -0.4 is 4.90 Å². The van der Waals surface area contributed by atoms with E-state index < -0.39 is 0 Å². The van der Waals surface area contributed by atoms with E-state index in [-0.39, 0.29) is 17.9 Å². The molecule has 5 rings (SSSR count). The molecule has 0 bridgehead atoms. The number of fused-ring (bicyclic) bond motifs is 1. The maximum absolute atomic E-state index is 15.4. The Kier molecular flexibility index (Phi) is 4.75. The molecule has 3 aliphatic rings. The lowest BCUT2D eigenvalue weighted by molar-refractivity contribution is 0.250. The molecule has 0 N–H and O–H groups in total. The average Bonchev–Trinajstić information content (AvgIpc) is 3.45. The lowest BCUT2D eigenvalue weighted by atomic mass is 9.94. The third-order valence-corrected chi connectivity index (χ3v) is 7.23. The lowest BCUT2D eigenvalue weighted by Gasteiger charge is -2.32. The predicted molar refractivity (Wildman–Crippen MR) is 113 cm³/mol. The van der Waals surface area contributed by atoms with Crippen molar-refractivity contribution < 1.29 is 4.39 Å². The predicted octanol–water partition coefficient (Wildman–Crippen LogP) is 4.80. The highest BCUT2D eigenvalue weighted by Crippen LogP contribution is 2.49. The van der Waals surface area contributed by atoms with Gasteiger partial charge in [0.1, 0.15) is 11.9 Å². The SMILES string of the molecule is CC[C@@H]1CSC2=N[C@@H](c3ccccn3)[C@@H](c3ccc(N4CCCC4)cc3F)N21. The Balaban J connectivity index is 1.55. The Bertz CT molecular complexity index is 881. The Hall–Kier alpha value is -2.08. The van der Waals surface area contributed by atoms with Crippen LogP contribution in [0.4, 0.5) is 10.1 Å². The second kappa shape index (κ2) is 7.39. The summed E-state index contributed by atoms with van der Waals surface area (Å²) in [5.41, 5.74) is 2.64. The zero-order chi connectivity index (χ0) is 19.1. The van der Waals surface area contributed by atoms with E-state index in [1.165, 1.54) is 12.8 Å². The van der Waals surface area contributed by atoms with Crippen molar-refractivity contribution >= 4 is 22.6 Å². The van der Waals surface area contributed by atoms with Crippen molar-refractivity contribution in [2.24, 2.45) is 4.99 Å². The van der Waals surface area contributed by atoms with Gasteiger partial charge in [-0.3, -0.25) is 9.98 Å². The molecule has 1 aromatic heterocycles. The van der Waals surface area contributed by atoms with Crippen LogP contribution in [0.2, 0.25) is 0 Å². The smallest absolute Gasteiger partial charge is 0.160 e. The minimum atomic E-state index is -0.162. The summed E-state index contributed by atoms with van der Waals surface area (Å²) >= 11 is 1.79. The van der Waals surface area contributed by atoms with Crippen molar-refractivity contribution in [1.29, 1.82) is 0 Å². The quantitative estimate of drug-likeness (QED) is 0.743. The molecule has 2 fully saturated rings. The summed E-state index contributed by atoms with van der Waals surface area (Å²) in [4.78, 5) is 14.2. The normalized spacial score (nSPS) is 26.6. The van der Waals surface area contributed by atoms with Crippen molar-refractivity contribution in [3.63, 3.8) is 0 Å². The first-order chi connectivity index (χ1) is 13.8. The van der Waals surface area contributed by atoms with Gasteiger partial charge in [-0.25, -0.2) is 4.39 Å². The highest BCUT2D eigenvalue weighted by atomic mass is 32.2. The highest BCUT2D eigenvalue weighted by molar-refractivity contribution is 8.14. The number of anilines is 1. The molecule has 2 aromatic rings. The van der Waals surface area contributed by atoms with Gasteiger partial charge in [-0.15, -0.1) is 0 Å². The molecule has 3 atom stereocenters. The first-order valence-corrected chi connectivity index (χ1v) is 11.2. The van der Waals surface area contributed by atoms with Crippen molar-refractivity contribution in [2.45, 2.75) is 44.3 Å². The van der Waals surface area contributed by atoms with Crippen LogP contribution in [0.15, 0.2) is 47.6 Å². The zero-order valence-corrected chi connectivity index (χ0v) is 16.9. The highest BCUT2D eigenvalue weighted by Gasteiger charge is 2.46. The van der Waals surface area contributed by atoms with Gasteiger partial charge < -0.3 is 9.80 Å². The van der Waals surface area contributed by atoms with Crippen LogP contribution in [0, 0.1) is 5.82 Å². The summed E-state index contributed by atoms with van der Waals surface area (Å²) in [7, 11) is 0. The van der Waals surface area contributed by atoms with Crippen LogP contribution in [0.25, 0.3) is 0 Å². The third kappa shape index (κ3) is 2.98. The minimum Gasteiger partial charge on any atom is -0.371 e. The molecule has 3 aliphatic heterocycles. The number of hydrogen-bond donors (Lipinski definition) is 0. The number of pyridine rings is 1. The molecule has 146 valence electrons. The Morgan fingerprint density at radius 2 is 2.04 bits per heavy atom. The van der Waals surface area contributed by atoms with E-state index in [4.69, 9.17) is 4.99 Å². The van der Waals surface area contributed by atoms with Gasteiger partial charge >= 0.3 is 0 Å². The largest absolute Gasteiger partial charge is 0.371 e. The van der Waals surface area contributed by atoms with Crippen LogP contribution in [0.1, 0.15) is 49.5 Å². The zero-order valence-electron chi connectivity index (χ0n) is 16.1. The monoisotopic (exact) mass is 396 g/mol. The number of nitrogens with zero attached hydrogens (tertiary/aromatic N) is 4. The molecule has 28 heavy (non-hydrogen) atoms. The summed E-state index contributed by atoms with van der Waals surface area (Å²) in [6.45, 7) is 4.24. The number of amidine groups is 1. The number of thioether (sulfide) groups is 1. The maximum Gasteiger partial charge on any atom is 0.160 e. The van der Waals surface area contributed by atoms with Gasteiger partial charge in [-0.05, 0) is 43.5 Å². The molecule has 0 saturated carbocycles. The van der Waals surface area contributed by atoms with E-state index in [2.05, 4.69) is 27.8 Å². The van der Waals surface area contributed by atoms with Gasteiger partial charge in [-0.2, -0.15) is 0 Å². The van der Waals surface area contributed by atoms with Crippen LogP contribution >= 0.6 is 11.8 Å². The molecule has 0 aliphatic carbocycles. The number of rotatable bonds is 4. The van der Waals surface area contributed by atoms with Gasteiger partial charge in [0, 0.05) is 42.3 Å². The van der Waals surface area contributed by atoms with Crippen molar-refractivity contribution in [2.75, 3.05) is 23.7 Å². The van der Waals surface area contributed by atoms with E-state index in [0.717, 1.165) is 47.4 Å². The number of halogens is 1. The molecule has 0 spiro atoms. The molecule has 0 radical (unpaired) electrons. The summed E-state index contributed by atoms with van der Waals surface area (Å²) in [5, 5.41) is 1.04. The number of hydrogen-bond acceptors (Lipinski definition) is 5. The molecule has 4 nitrogen and oxygen atoms in total. The standard InChI is InChI=1S/C22H25FN4S/c1-2-15-14-28-22-25-20(19-7-3-4-10-24-19)21(27(15)22)17-9-8-16(13-18(17)23)26-11-5-6-12-26/h3-4,7-10,13,15,20-21H,2,5-6,11-12,14H2,1H3/t15-,20+,21-/m1/s1.